The zero-order valence-electron chi connectivity index (χ0n) is 22.4. The Hall–Kier alpha value is -3.39. The second-order valence-corrected chi connectivity index (χ2v) is 10.8. The molecule has 8 nitrogen and oxygen atoms in total. The van der Waals surface area contributed by atoms with Crippen LogP contribution in [0.1, 0.15) is 80.6 Å². The molecule has 2 atom stereocenters. The molecule has 2 heterocycles. The molecule has 0 bridgehead atoms. The van der Waals surface area contributed by atoms with E-state index in [0.29, 0.717) is 43.0 Å². The summed E-state index contributed by atoms with van der Waals surface area (Å²) in [5, 5.41) is 2.98. The van der Waals surface area contributed by atoms with Crippen LogP contribution in [0.25, 0.3) is 11.6 Å². The first-order valence-electron chi connectivity index (χ1n) is 13.8. The number of ketones is 1. The Labute approximate surface area is 224 Å². The molecule has 1 saturated carbocycles. The summed E-state index contributed by atoms with van der Waals surface area (Å²) < 4.78 is 6.03. The molecule has 4 rings (SSSR count). The fourth-order valence-corrected chi connectivity index (χ4v) is 5.15. The molecule has 1 aromatic carbocycles. The number of amides is 1. The summed E-state index contributed by atoms with van der Waals surface area (Å²) in [4.78, 5) is 39.9. The number of hydrogen-bond acceptors (Lipinski definition) is 7. The first-order valence-corrected chi connectivity index (χ1v) is 13.8. The lowest BCUT2D eigenvalue weighted by molar-refractivity contribution is -0.123. The summed E-state index contributed by atoms with van der Waals surface area (Å²) in [5.74, 6) is 0.585. The Kier molecular flexibility index (Phi) is 9.76. The largest absolute Gasteiger partial charge is 0.431 e. The van der Waals surface area contributed by atoms with Gasteiger partial charge in [0.05, 0.1) is 17.8 Å². The van der Waals surface area contributed by atoms with Crippen LogP contribution in [0.4, 0.5) is 0 Å². The van der Waals surface area contributed by atoms with Gasteiger partial charge in [-0.25, -0.2) is 15.0 Å². The molecule has 2 unspecified atom stereocenters. The zero-order valence-corrected chi connectivity index (χ0v) is 22.4. The molecule has 1 aliphatic rings. The number of hydrogen-bond donors (Lipinski definition) is 2. The Morgan fingerprint density at radius 2 is 1.87 bits per heavy atom. The lowest BCUT2D eigenvalue weighted by atomic mass is 9.85. The normalized spacial score (nSPS) is 15.8. The number of nitrogens with two attached hydrogens (primary N) is 1. The van der Waals surface area contributed by atoms with Crippen molar-refractivity contribution in [3.8, 4) is 11.6 Å². The van der Waals surface area contributed by atoms with Crippen LogP contribution in [-0.4, -0.2) is 38.7 Å². The van der Waals surface area contributed by atoms with Crippen LogP contribution in [-0.2, 0) is 17.6 Å². The van der Waals surface area contributed by atoms with Crippen LogP contribution < -0.4 is 11.1 Å². The number of carbonyl (C=O) groups excluding carboxylic acids is 2. The van der Waals surface area contributed by atoms with Crippen molar-refractivity contribution in [1.29, 1.82) is 0 Å². The molecule has 3 N–H and O–H groups in total. The molecule has 0 aliphatic heterocycles. The van der Waals surface area contributed by atoms with Crippen LogP contribution >= 0.6 is 0 Å². The Morgan fingerprint density at radius 3 is 2.55 bits per heavy atom. The van der Waals surface area contributed by atoms with E-state index in [4.69, 9.17) is 10.2 Å². The van der Waals surface area contributed by atoms with Gasteiger partial charge in [0.15, 0.2) is 5.76 Å². The van der Waals surface area contributed by atoms with Gasteiger partial charge in [-0.2, -0.15) is 0 Å². The smallest absolute Gasteiger partial charge is 0.246 e. The van der Waals surface area contributed by atoms with E-state index in [-0.39, 0.29) is 29.3 Å². The summed E-state index contributed by atoms with van der Waals surface area (Å²) in [6, 6.07) is 10.2. The van der Waals surface area contributed by atoms with Crippen molar-refractivity contribution in [2.75, 3.05) is 0 Å². The molecule has 0 spiro atoms. The van der Waals surface area contributed by atoms with Gasteiger partial charge in [0, 0.05) is 6.20 Å². The van der Waals surface area contributed by atoms with E-state index >= 15 is 0 Å². The van der Waals surface area contributed by atoms with Crippen molar-refractivity contribution >= 4 is 11.7 Å². The van der Waals surface area contributed by atoms with Gasteiger partial charge in [-0.05, 0) is 49.1 Å². The van der Waals surface area contributed by atoms with Gasteiger partial charge in [-0.1, -0.05) is 76.3 Å². The number of aromatic nitrogens is 3. The maximum absolute atomic E-state index is 13.9. The van der Waals surface area contributed by atoms with Crippen molar-refractivity contribution in [2.24, 2.45) is 17.6 Å². The van der Waals surface area contributed by atoms with E-state index in [2.05, 4.69) is 34.1 Å². The summed E-state index contributed by atoms with van der Waals surface area (Å²) in [5.41, 5.74) is 8.51. The van der Waals surface area contributed by atoms with E-state index < -0.39 is 12.1 Å². The minimum absolute atomic E-state index is 0.173. The van der Waals surface area contributed by atoms with E-state index in [1.54, 1.807) is 12.3 Å². The SMILES string of the molecule is CC(C)Cc1nc(-c2ccncn2)oc1C(=O)C(CCc1ccccc1)NC(=O)C(N)CC1CCCCC1. The minimum atomic E-state index is -0.780. The molecule has 1 fully saturated rings. The number of aryl methyl sites for hydroxylation is 1. The molecule has 0 radical (unpaired) electrons. The first kappa shape index (κ1) is 27.6. The standard InChI is InChI=1S/C30H39N5O3/c1-20(2)17-26-28(38-30(35-26)25-15-16-32-19-33-25)27(36)24(14-13-21-9-5-3-6-10-21)34-29(37)23(31)18-22-11-7-4-8-12-22/h3,5-6,9-10,15-16,19-20,22-24H,4,7-8,11-14,17-18,31H2,1-2H3,(H,34,37). The van der Waals surface area contributed by atoms with Crippen molar-refractivity contribution in [3.05, 3.63) is 65.9 Å². The summed E-state index contributed by atoms with van der Waals surface area (Å²) in [6.45, 7) is 4.12. The predicted octanol–water partition coefficient (Wildman–Crippen LogP) is 4.93. The maximum atomic E-state index is 13.9. The number of rotatable bonds is 12. The van der Waals surface area contributed by atoms with Gasteiger partial charge in [0.2, 0.25) is 17.6 Å². The third-order valence-electron chi connectivity index (χ3n) is 7.17. The van der Waals surface area contributed by atoms with E-state index in [1.807, 2.05) is 30.3 Å². The van der Waals surface area contributed by atoms with E-state index in [9.17, 15) is 9.59 Å². The molecular formula is C30H39N5O3. The third-order valence-corrected chi connectivity index (χ3v) is 7.17. The summed E-state index contributed by atoms with van der Waals surface area (Å²) in [7, 11) is 0. The number of nitrogens with one attached hydrogen (secondary N) is 1. The fourth-order valence-electron chi connectivity index (χ4n) is 5.15. The van der Waals surface area contributed by atoms with Crippen molar-refractivity contribution in [1.82, 2.24) is 20.3 Å². The molecular weight excluding hydrogens is 478 g/mol. The highest BCUT2D eigenvalue weighted by molar-refractivity contribution is 6.01. The van der Waals surface area contributed by atoms with Crippen molar-refractivity contribution in [3.63, 3.8) is 0 Å². The topological polar surface area (TPSA) is 124 Å². The molecule has 0 saturated heterocycles. The Bertz CT molecular complexity index is 1170. The fraction of sp³-hybridized carbons (Fsp3) is 0.500. The average molecular weight is 518 g/mol. The highest BCUT2D eigenvalue weighted by Gasteiger charge is 2.31. The van der Waals surface area contributed by atoms with Gasteiger partial charge >= 0.3 is 0 Å². The van der Waals surface area contributed by atoms with Crippen molar-refractivity contribution < 1.29 is 14.0 Å². The lowest BCUT2D eigenvalue weighted by Gasteiger charge is -2.25. The summed E-state index contributed by atoms with van der Waals surface area (Å²) in [6.07, 6.45) is 11.1. The molecule has 2 aromatic heterocycles. The van der Waals surface area contributed by atoms with Crippen molar-refractivity contribution in [2.45, 2.75) is 83.7 Å². The highest BCUT2D eigenvalue weighted by atomic mass is 16.4. The quantitative estimate of drug-likeness (QED) is 0.327. The summed E-state index contributed by atoms with van der Waals surface area (Å²) >= 11 is 0. The highest BCUT2D eigenvalue weighted by Crippen LogP contribution is 2.27. The monoisotopic (exact) mass is 517 g/mol. The van der Waals surface area contributed by atoms with Gasteiger partial charge in [0.25, 0.3) is 0 Å². The van der Waals surface area contributed by atoms with Crippen LogP contribution in [0.3, 0.4) is 0 Å². The Morgan fingerprint density at radius 1 is 1.11 bits per heavy atom. The number of oxazole rings is 1. The van der Waals surface area contributed by atoms with Gasteiger partial charge < -0.3 is 15.5 Å². The second kappa shape index (κ2) is 13.4. The molecule has 202 valence electrons. The lowest BCUT2D eigenvalue weighted by Crippen LogP contribution is -2.49. The second-order valence-electron chi connectivity index (χ2n) is 10.8. The Balaban J connectivity index is 1.56. The predicted molar refractivity (Wildman–Crippen MR) is 146 cm³/mol. The molecule has 1 aliphatic carbocycles. The molecule has 1 amide bonds. The average Bonchev–Trinajstić information content (AvgIpc) is 3.35. The van der Waals surface area contributed by atoms with Crippen LogP contribution in [0.2, 0.25) is 0 Å². The van der Waals surface area contributed by atoms with Gasteiger partial charge in [0.1, 0.15) is 12.0 Å². The number of Topliss-reactive ketones (excluding diaryl/α,β-unsaturated/α-hetero) is 1. The van der Waals surface area contributed by atoms with Crippen LogP contribution in [0.5, 0.6) is 0 Å². The maximum Gasteiger partial charge on any atom is 0.246 e. The molecule has 3 aromatic rings. The van der Waals surface area contributed by atoms with Gasteiger partial charge in [-0.15, -0.1) is 0 Å². The first-order chi connectivity index (χ1) is 18.4. The number of nitrogens with zero attached hydrogens (tertiary/aromatic N) is 3. The van der Waals surface area contributed by atoms with E-state index in [1.165, 1.54) is 25.6 Å². The zero-order chi connectivity index (χ0) is 26.9. The minimum Gasteiger partial charge on any atom is -0.431 e. The molecule has 8 heteroatoms. The number of carbonyl (C=O) groups is 2. The van der Waals surface area contributed by atoms with Crippen LogP contribution in [0, 0.1) is 11.8 Å². The van der Waals surface area contributed by atoms with Gasteiger partial charge in [-0.3, -0.25) is 9.59 Å². The van der Waals surface area contributed by atoms with E-state index in [0.717, 1.165) is 18.4 Å². The molecule has 38 heavy (non-hydrogen) atoms. The van der Waals surface area contributed by atoms with Crippen LogP contribution in [0.15, 0.2) is 53.3 Å². The third kappa shape index (κ3) is 7.57. The number of benzene rings is 1.